The molecule has 0 unspecified atom stereocenters. The summed E-state index contributed by atoms with van der Waals surface area (Å²) in [6, 6.07) is 6.46. The molecule has 0 aliphatic carbocycles. The van der Waals surface area contributed by atoms with Crippen molar-refractivity contribution in [1.82, 2.24) is 10.3 Å². The SMILES string of the molecule is Cc1ccc2c(C)c(C(=O)NCCc3cc(F)c(N4CCCCC4)cc3F)sc2n1. The number of hydrogen-bond donors (Lipinski definition) is 1. The Kier molecular flexibility index (Phi) is 5.99. The number of amides is 1. The third kappa shape index (κ3) is 4.17. The second kappa shape index (κ2) is 8.68. The van der Waals surface area contributed by atoms with Gasteiger partial charge in [-0.2, -0.15) is 0 Å². The molecule has 4 rings (SSSR count). The van der Waals surface area contributed by atoms with Crippen molar-refractivity contribution in [2.75, 3.05) is 24.5 Å². The third-order valence-electron chi connectivity index (χ3n) is 5.64. The first kappa shape index (κ1) is 20.7. The van der Waals surface area contributed by atoms with Crippen LogP contribution in [0.1, 0.15) is 45.8 Å². The maximum Gasteiger partial charge on any atom is 0.261 e. The van der Waals surface area contributed by atoms with Crippen molar-refractivity contribution in [1.29, 1.82) is 0 Å². The molecule has 1 aliphatic rings. The average molecular weight is 430 g/mol. The Bertz CT molecular complexity index is 1090. The smallest absolute Gasteiger partial charge is 0.261 e. The largest absolute Gasteiger partial charge is 0.369 e. The molecule has 0 radical (unpaired) electrons. The molecule has 0 saturated carbocycles. The first-order valence-corrected chi connectivity index (χ1v) is 11.1. The van der Waals surface area contributed by atoms with Crippen LogP contribution in [-0.2, 0) is 6.42 Å². The Balaban J connectivity index is 1.42. The second-order valence-electron chi connectivity index (χ2n) is 7.81. The lowest BCUT2D eigenvalue weighted by atomic mass is 10.1. The first-order valence-electron chi connectivity index (χ1n) is 10.3. The van der Waals surface area contributed by atoms with Gasteiger partial charge in [-0.05, 0) is 68.9 Å². The van der Waals surface area contributed by atoms with E-state index < -0.39 is 11.6 Å². The van der Waals surface area contributed by atoms with E-state index in [1.165, 1.54) is 23.5 Å². The average Bonchev–Trinajstić information content (AvgIpc) is 3.06. The number of anilines is 1. The molecular weight excluding hydrogens is 404 g/mol. The van der Waals surface area contributed by atoms with E-state index in [0.29, 0.717) is 10.6 Å². The molecular formula is C23H25F2N3OS. The highest BCUT2D eigenvalue weighted by molar-refractivity contribution is 7.20. The van der Waals surface area contributed by atoms with Gasteiger partial charge in [-0.25, -0.2) is 13.8 Å². The standard InChI is InChI=1S/C23H25F2N3OS/c1-14-6-7-17-15(2)21(30-23(17)27-14)22(29)26-9-8-16-12-19(25)20(13-18(16)24)28-10-4-3-5-11-28/h6-7,12-13H,3-5,8-11H2,1-2H3,(H,26,29). The summed E-state index contributed by atoms with van der Waals surface area (Å²) in [4.78, 5) is 20.4. The van der Waals surface area contributed by atoms with Gasteiger partial charge in [0.2, 0.25) is 0 Å². The van der Waals surface area contributed by atoms with Gasteiger partial charge in [0.15, 0.2) is 0 Å². The predicted octanol–water partition coefficient (Wildman–Crippen LogP) is 5.15. The number of aromatic nitrogens is 1. The summed E-state index contributed by atoms with van der Waals surface area (Å²) in [6.07, 6.45) is 3.37. The van der Waals surface area contributed by atoms with E-state index in [1.54, 1.807) is 0 Å². The summed E-state index contributed by atoms with van der Waals surface area (Å²) in [5.41, 5.74) is 2.41. The fraction of sp³-hybridized carbons (Fsp3) is 0.391. The van der Waals surface area contributed by atoms with Gasteiger partial charge < -0.3 is 10.2 Å². The van der Waals surface area contributed by atoms with Crippen molar-refractivity contribution in [2.45, 2.75) is 39.5 Å². The molecule has 30 heavy (non-hydrogen) atoms. The first-order chi connectivity index (χ1) is 14.4. The number of benzene rings is 1. The molecule has 3 aromatic rings. The second-order valence-corrected chi connectivity index (χ2v) is 8.81. The normalized spacial score (nSPS) is 14.3. The molecule has 1 aliphatic heterocycles. The van der Waals surface area contributed by atoms with Crippen LogP contribution in [0.25, 0.3) is 10.2 Å². The van der Waals surface area contributed by atoms with Crippen LogP contribution in [0.15, 0.2) is 24.3 Å². The number of aryl methyl sites for hydroxylation is 2. The molecule has 2 aromatic heterocycles. The van der Waals surface area contributed by atoms with Crippen LogP contribution < -0.4 is 10.2 Å². The van der Waals surface area contributed by atoms with Crippen molar-refractivity contribution in [3.63, 3.8) is 0 Å². The maximum atomic E-state index is 14.6. The van der Waals surface area contributed by atoms with Crippen molar-refractivity contribution in [2.24, 2.45) is 0 Å². The number of carbonyl (C=O) groups is 1. The number of nitrogens with zero attached hydrogens (tertiary/aromatic N) is 2. The minimum absolute atomic E-state index is 0.209. The van der Waals surface area contributed by atoms with Crippen molar-refractivity contribution < 1.29 is 13.6 Å². The lowest BCUT2D eigenvalue weighted by Crippen LogP contribution is -2.30. The Morgan fingerprint density at radius 1 is 1.13 bits per heavy atom. The van der Waals surface area contributed by atoms with E-state index in [-0.39, 0.29) is 24.4 Å². The number of piperidine rings is 1. The number of pyridine rings is 1. The van der Waals surface area contributed by atoms with Gasteiger partial charge in [0.1, 0.15) is 16.5 Å². The zero-order valence-electron chi connectivity index (χ0n) is 17.2. The van der Waals surface area contributed by atoms with Gasteiger partial charge in [0.25, 0.3) is 5.91 Å². The monoisotopic (exact) mass is 429 g/mol. The number of carbonyl (C=O) groups excluding carboxylic acids is 1. The van der Waals surface area contributed by atoms with Gasteiger partial charge in [-0.15, -0.1) is 11.3 Å². The maximum absolute atomic E-state index is 14.6. The summed E-state index contributed by atoms with van der Waals surface area (Å²) in [7, 11) is 0. The number of nitrogens with one attached hydrogen (secondary N) is 1. The van der Waals surface area contributed by atoms with E-state index in [4.69, 9.17) is 0 Å². The van der Waals surface area contributed by atoms with E-state index >= 15 is 0 Å². The van der Waals surface area contributed by atoms with Gasteiger partial charge >= 0.3 is 0 Å². The zero-order chi connectivity index (χ0) is 21.3. The molecule has 1 aromatic carbocycles. The van der Waals surface area contributed by atoms with Gasteiger partial charge in [-0.3, -0.25) is 4.79 Å². The number of rotatable bonds is 5. The van der Waals surface area contributed by atoms with Gasteiger partial charge in [0.05, 0.1) is 10.6 Å². The molecule has 1 amide bonds. The Morgan fingerprint density at radius 3 is 2.67 bits per heavy atom. The van der Waals surface area contributed by atoms with E-state index in [9.17, 15) is 13.6 Å². The minimum Gasteiger partial charge on any atom is -0.369 e. The molecule has 3 heterocycles. The van der Waals surface area contributed by atoms with Crippen LogP contribution in [0, 0.1) is 25.5 Å². The van der Waals surface area contributed by atoms with E-state index in [0.717, 1.165) is 53.8 Å². The molecule has 1 fully saturated rings. The summed E-state index contributed by atoms with van der Waals surface area (Å²) < 4.78 is 29.1. The fourth-order valence-corrected chi connectivity index (χ4v) is 5.09. The minimum atomic E-state index is -0.427. The fourth-order valence-electron chi connectivity index (χ4n) is 3.95. The lowest BCUT2D eigenvalue weighted by molar-refractivity contribution is 0.0957. The molecule has 1 N–H and O–H groups in total. The van der Waals surface area contributed by atoms with Crippen LogP contribution in [0.5, 0.6) is 0 Å². The number of hydrogen-bond acceptors (Lipinski definition) is 4. The quantitative estimate of drug-likeness (QED) is 0.610. The molecule has 0 spiro atoms. The van der Waals surface area contributed by atoms with Crippen LogP contribution in [0.4, 0.5) is 14.5 Å². The Morgan fingerprint density at radius 2 is 1.90 bits per heavy atom. The van der Waals surface area contributed by atoms with Crippen LogP contribution >= 0.6 is 11.3 Å². The Labute approximate surface area is 178 Å². The number of halogens is 2. The van der Waals surface area contributed by atoms with Crippen molar-refractivity contribution >= 4 is 33.1 Å². The number of thiophene rings is 1. The molecule has 158 valence electrons. The van der Waals surface area contributed by atoms with Crippen LogP contribution in [-0.4, -0.2) is 30.5 Å². The molecule has 0 atom stereocenters. The molecule has 1 saturated heterocycles. The summed E-state index contributed by atoms with van der Waals surface area (Å²) in [6.45, 7) is 5.57. The molecule has 4 nitrogen and oxygen atoms in total. The summed E-state index contributed by atoms with van der Waals surface area (Å²) in [5.74, 6) is -1.04. The Hall–Kier alpha value is -2.54. The summed E-state index contributed by atoms with van der Waals surface area (Å²) in [5, 5.41) is 3.80. The van der Waals surface area contributed by atoms with E-state index in [1.807, 2.05) is 30.9 Å². The number of fused-ring (bicyclic) bond motifs is 1. The zero-order valence-corrected chi connectivity index (χ0v) is 18.0. The van der Waals surface area contributed by atoms with E-state index in [2.05, 4.69) is 10.3 Å². The lowest BCUT2D eigenvalue weighted by Gasteiger charge is -2.29. The van der Waals surface area contributed by atoms with Crippen LogP contribution in [0.2, 0.25) is 0 Å². The van der Waals surface area contributed by atoms with Crippen LogP contribution in [0.3, 0.4) is 0 Å². The van der Waals surface area contributed by atoms with Crippen molar-refractivity contribution in [3.05, 3.63) is 57.6 Å². The highest BCUT2D eigenvalue weighted by Gasteiger charge is 2.19. The third-order valence-corrected chi connectivity index (χ3v) is 6.84. The highest BCUT2D eigenvalue weighted by Crippen LogP contribution is 2.30. The topological polar surface area (TPSA) is 45.2 Å². The predicted molar refractivity (Wildman–Crippen MR) is 118 cm³/mol. The summed E-state index contributed by atoms with van der Waals surface area (Å²) >= 11 is 1.35. The van der Waals surface area contributed by atoms with Gasteiger partial charge in [0, 0.05) is 36.8 Å². The molecule has 7 heteroatoms. The van der Waals surface area contributed by atoms with Gasteiger partial charge in [-0.1, -0.05) is 0 Å². The highest BCUT2D eigenvalue weighted by atomic mass is 32.1. The van der Waals surface area contributed by atoms with Crippen molar-refractivity contribution in [3.8, 4) is 0 Å². The molecule has 0 bridgehead atoms.